The number of amidine groups is 1. The molecular weight excluding hydrogens is 298 g/mol. The van der Waals surface area contributed by atoms with Crippen molar-refractivity contribution in [2.24, 2.45) is 10.9 Å². The molecule has 3 rings (SSSR count). The molecule has 1 aromatic heterocycles. The van der Waals surface area contributed by atoms with Crippen molar-refractivity contribution in [2.75, 3.05) is 30.3 Å². The van der Waals surface area contributed by atoms with Crippen molar-refractivity contribution < 1.29 is 4.79 Å². The predicted octanol–water partition coefficient (Wildman–Crippen LogP) is 1.39. The Labute approximate surface area is 133 Å². The Hall–Kier alpha value is -2.07. The van der Waals surface area contributed by atoms with Crippen LogP contribution in [0.2, 0.25) is 0 Å². The van der Waals surface area contributed by atoms with Crippen LogP contribution in [-0.2, 0) is 4.79 Å². The van der Waals surface area contributed by atoms with Crippen molar-refractivity contribution in [3.05, 3.63) is 23.9 Å². The molecule has 0 unspecified atom stereocenters. The van der Waals surface area contributed by atoms with Gasteiger partial charge in [-0.3, -0.25) is 9.79 Å². The third-order valence-corrected chi connectivity index (χ3v) is 4.77. The fourth-order valence-corrected chi connectivity index (χ4v) is 3.36. The summed E-state index contributed by atoms with van der Waals surface area (Å²) in [6.45, 7) is 2.40. The highest BCUT2D eigenvalue weighted by molar-refractivity contribution is 8.14. The molecule has 1 amide bonds. The number of carbonyl (C=O) groups is 1. The number of hydrogen-bond donors (Lipinski definition) is 1. The summed E-state index contributed by atoms with van der Waals surface area (Å²) in [7, 11) is 0. The number of nitriles is 1. The molecule has 2 aliphatic heterocycles. The Kier molecular flexibility index (Phi) is 4.59. The van der Waals surface area contributed by atoms with Crippen LogP contribution < -0.4 is 10.2 Å². The SMILES string of the molecule is N#Cc1ccc(N2CCC(C(=O)NC3=NCCS3)CC2)nc1. The summed E-state index contributed by atoms with van der Waals surface area (Å²) in [6.07, 6.45) is 3.21. The molecule has 1 saturated heterocycles. The molecule has 1 fully saturated rings. The first-order valence-corrected chi connectivity index (χ1v) is 8.34. The number of nitrogens with one attached hydrogen (secondary N) is 1. The van der Waals surface area contributed by atoms with Gasteiger partial charge in [0.25, 0.3) is 0 Å². The van der Waals surface area contributed by atoms with Crippen LogP contribution in [-0.4, -0.2) is 41.4 Å². The van der Waals surface area contributed by atoms with E-state index < -0.39 is 0 Å². The molecule has 0 aromatic carbocycles. The van der Waals surface area contributed by atoms with Crippen molar-refractivity contribution in [1.82, 2.24) is 10.3 Å². The lowest BCUT2D eigenvalue weighted by molar-refractivity contribution is -0.124. The van der Waals surface area contributed by atoms with E-state index >= 15 is 0 Å². The van der Waals surface area contributed by atoms with Crippen molar-refractivity contribution in [1.29, 1.82) is 5.26 Å². The zero-order valence-corrected chi connectivity index (χ0v) is 13.0. The van der Waals surface area contributed by atoms with Gasteiger partial charge in [-0.05, 0) is 25.0 Å². The molecule has 0 aliphatic carbocycles. The van der Waals surface area contributed by atoms with Gasteiger partial charge >= 0.3 is 0 Å². The number of rotatable bonds is 2. The van der Waals surface area contributed by atoms with Crippen LogP contribution in [0.1, 0.15) is 18.4 Å². The minimum absolute atomic E-state index is 0.0403. The molecule has 0 bridgehead atoms. The second-order valence-electron chi connectivity index (χ2n) is 5.30. The fourth-order valence-electron chi connectivity index (χ4n) is 2.63. The highest BCUT2D eigenvalue weighted by Gasteiger charge is 2.26. The van der Waals surface area contributed by atoms with Gasteiger partial charge in [-0.25, -0.2) is 4.98 Å². The van der Waals surface area contributed by atoms with Crippen molar-refractivity contribution in [2.45, 2.75) is 12.8 Å². The van der Waals surface area contributed by atoms with Gasteiger partial charge in [0.05, 0.1) is 12.1 Å². The topological polar surface area (TPSA) is 81.4 Å². The molecule has 6 nitrogen and oxygen atoms in total. The molecule has 2 aliphatic rings. The molecule has 3 heterocycles. The summed E-state index contributed by atoms with van der Waals surface area (Å²) < 4.78 is 0. The molecule has 0 spiro atoms. The van der Waals surface area contributed by atoms with E-state index in [1.807, 2.05) is 6.07 Å². The summed E-state index contributed by atoms with van der Waals surface area (Å²) in [6, 6.07) is 5.70. The quantitative estimate of drug-likeness (QED) is 0.892. The second kappa shape index (κ2) is 6.79. The lowest BCUT2D eigenvalue weighted by atomic mass is 9.96. The zero-order chi connectivity index (χ0) is 15.4. The highest BCUT2D eigenvalue weighted by atomic mass is 32.2. The molecule has 1 N–H and O–H groups in total. The number of aliphatic imine (C=N–C) groups is 1. The van der Waals surface area contributed by atoms with Gasteiger partial charge in [0.2, 0.25) is 5.91 Å². The molecule has 114 valence electrons. The first-order valence-electron chi connectivity index (χ1n) is 7.35. The van der Waals surface area contributed by atoms with Crippen LogP contribution in [0.25, 0.3) is 0 Å². The molecule has 0 saturated carbocycles. The number of nitrogens with zero attached hydrogens (tertiary/aromatic N) is 4. The van der Waals surface area contributed by atoms with Gasteiger partial charge in [-0.2, -0.15) is 5.26 Å². The van der Waals surface area contributed by atoms with Gasteiger partial charge < -0.3 is 10.2 Å². The first kappa shape index (κ1) is 14.9. The number of anilines is 1. The van der Waals surface area contributed by atoms with Gasteiger partial charge in [-0.15, -0.1) is 0 Å². The summed E-state index contributed by atoms with van der Waals surface area (Å²) in [5.41, 5.74) is 0.563. The molecule has 0 atom stereocenters. The minimum atomic E-state index is 0.0403. The number of pyridine rings is 1. The largest absolute Gasteiger partial charge is 0.357 e. The number of hydrogen-bond acceptors (Lipinski definition) is 6. The minimum Gasteiger partial charge on any atom is -0.357 e. The zero-order valence-electron chi connectivity index (χ0n) is 12.2. The van der Waals surface area contributed by atoms with Crippen LogP contribution in [0.15, 0.2) is 23.3 Å². The third kappa shape index (κ3) is 3.39. The smallest absolute Gasteiger partial charge is 0.229 e. The maximum atomic E-state index is 12.2. The molecule has 7 heteroatoms. The lowest BCUT2D eigenvalue weighted by Crippen LogP contribution is -2.41. The summed E-state index contributed by atoms with van der Waals surface area (Å²) in [5.74, 6) is 1.95. The fraction of sp³-hybridized carbons (Fsp3) is 0.467. The Morgan fingerprint density at radius 2 is 2.23 bits per heavy atom. The van der Waals surface area contributed by atoms with E-state index in [-0.39, 0.29) is 11.8 Å². The third-order valence-electron chi connectivity index (χ3n) is 3.88. The average molecular weight is 315 g/mol. The Balaban J connectivity index is 1.53. The number of piperidine rings is 1. The summed E-state index contributed by atoms with van der Waals surface area (Å²) in [4.78, 5) is 22.9. The number of amides is 1. The number of aromatic nitrogens is 1. The number of carbonyl (C=O) groups excluding carboxylic acids is 1. The van der Waals surface area contributed by atoms with Gasteiger partial charge in [0.15, 0.2) is 5.17 Å². The van der Waals surface area contributed by atoms with Crippen molar-refractivity contribution >= 4 is 28.7 Å². The summed E-state index contributed by atoms with van der Waals surface area (Å²) >= 11 is 1.61. The normalized spacial score (nSPS) is 18.7. The average Bonchev–Trinajstić information content (AvgIpc) is 3.08. The van der Waals surface area contributed by atoms with Gasteiger partial charge in [-0.1, -0.05) is 11.8 Å². The second-order valence-corrected chi connectivity index (χ2v) is 6.39. The van der Waals surface area contributed by atoms with Crippen LogP contribution in [0.5, 0.6) is 0 Å². The Morgan fingerprint density at radius 3 is 2.82 bits per heavy atom. The van der Waals surface area contributed by atoms with Crippen molar-refractivity contribution in [3.63, 3.8) is 0 Å². The van der Waals surface area contributed by atoms with Crippen LogP contribution >= 0.6 is 11.8 Å². The maximum Gasteiger partial charge on any atom is 0.229 e. The van der Waals surface area contributed by atoms with E-state index in [1.54, 1.807) is 24.0 Å². The van der Waals surface area contributed by atoms with E-state index in [9.17, 15) is 4.79 Å². The molecule has 0 radical (unpaired) electrons. The monoisotopic (exact) mass is 315 g/mol. The molecular formula is C15H17N5OS. The molecule has 22 heavy (non-hydrogen) atoms. The Bertz CT molecular complexity index is 614. The van der Waals surface area contributed by atoms with Crippen LogP contribution in [0.3, 0.4) is 0 Å². The predicted molar refractivity (Wildman–Crippen MR) is 86.8 cm³/mol. The first-order chi connectivity index (χ1) is 10.8. The van der Waals surface area contributed by atoms with E-state index in [0.29, 0.717) is 5.56 Å². The highest BCUT2D eigenvalue weighted by Crippen LogP contribution is 2.22. The van der Waals surface area contributed by atoms with Crippen molar-refractivity contribution in [3.8, 4) is 6.07 Å². The summed E-state index contributed by atoms with van der Waals surface area (Å²) in [5, 5.41) is 12.5. The lowest BCUT2D eigenvalue weighted by Gasteiger charge is -2.32. The number of thioether (sulfide) groups is 1. The van der Waals surface area contributed by atoms with E-state index in [2.05, 4.69) is 26.3 Å². The standard InChI is InChI=1S/C15H17N5OS/c16-9-11-1-2-13(18-10-11)20-6-3-12(4-7-20)14(21)19-15-17-5-8-22-15/h1-2,10,12H,3-8H2,(H,17,19,21). The van der Waals surface area contributed by atoms with Crippen LogP contribution in [0.4, 0.5) is 5.82 Å². The van der Waals surface area contributed by atoms with Crippen LogP contribution in [0, 0.1) is 17.2 Å². The Morgan fingerprint density at radius 1 is 1.41 bits per heavy atom. The van der Waals surface area contributed by atoms with E-state index in [0.717, 1.165) is 49.2 Å². The van der Waals surface area contributed by atoms with Gasteiger partial charge in [0, 0.05) is 31.0 Å². The van der Waals surface area contributed by atoms with Gasteiger partial charge in [0.1, 0.15) is 11.9 Å². The maximum absolute atomic E-state index is 12.2. The van der Waals surface area contributed by atoms with E-state index in [1.165, 1.54) is 0 Å². The molecule has 1 aromatic rings. The van der Waals surface area contributed by atoms with E-state index in [4.69, 9.17) is 5.26 Å².